The maximum absolute atomic E-state index is 13.1. The van der Waals surface area contributed by atoms with Gasteiger partial charge >= 0.3 is 0 Å². The maximum Gasteiger partial charge on any atom is 0.295 e. The highest BCUT2D eigenvalue weighted by atomic mass is 19.1. The molecule has 0 radical (unpaired) electrons. The molecular formula is C22H15FN2O4. The summed E-state index contributed by atoms with van der Waals surface area (Å²) < 4.78 is 18.3. The van der Waals surface area contributed by atoms with Gasteiger partial charge in [0.1, 0.15) is 5.82 Å². The lowest BCUT2D eigenvalue weighted by Gasteiger charge is -2.22. The molecule has 1 amide bonds. The number of rotatable bonds is 5. The van der Waals surface area contributed by atoms with Gasteiger partial charge in [-0.1, -0.05) is 30.3 Å². The predicted octanol–water partition coefficient (Wildman–Crippen LogP) is 4.36. The van der Waals surface area contributed by atoms with Crippen molar-refractivity contribution in [2.75, 3.05) is 0 Å². The van der Waals surface area contributed by atoms with Crippen LogP contribution in [0.3, 0.4) is 0 Å². The number of hydrogen-bond acceptors (Lipinski definition) is 5. The lowest BCUT2D eigenvalue weighted by molar-refractivity contribution is -0.125. The number of aliphatic imine (C=N–C) groups is 1. The number of aliphatic hydroxyl groups excluding tert-OH is 1. The number of nitrogens with zero attached hydrogens (tertiary/aromatic N) is 2. The first-order valence-corrected chi connectivity index (χ1v) is 8.75. The van der Waals surface area contributed by atoms with Crippen LogP contribution in [0.15, 0.2) is 93.7 Å². The molecular weight excluding hydrogens is 375 g/mol. The molecule has 2 aromatic carbocycles. The van der Waals surface area contributed by atoms with Crippen LogP contribution >= 0.6 is 0 Å². The minimum atomic E-state index is -0.884. The van der Waals surface area contributed by atoms with Gasteiger partial charge in [-0.05, 0) is 42.0 Å². The van der Waals surface area contributed by atoms with E-state index in [1.807, 2.05) is 0 Å². The van der Waals surface area contributed by atoms with Gasteiger partial charge in [0.25, 0.3) is 5.91 Å². The van der Waals surface area contributed by atoms with Crippen LogP contribution in [0.2, 0.25) is 0 Å². The number of Topliss-reactive ketones (excluding diaryl/α,β-unsaturated/α-hetero) is 1. The Bertz CT molecular complexity index is 1100. The van der Waals surface area contributed by atoms with Gasteiger partial charge in [-0.15, -0.1) is 0 Å². The topological polar surface area (TPSA) is 83.1 Å². The summed E-state index contributed by atoms with van der Waals surface area (Å²) in [6.07, 6.45) is 2.57. The number of amides is 1. The Morgan fingerprint density at radius 2 is 1.79 bits per heavy atom. The van der Waals surface area contributed by atoms with Crippen molar-refractivity contribution >= 4 is 23.7 Å². The van der Waals surface area contributed by atoms with E-state index in [1.54, 1.807) is 36.4 Å². The molecule has 6 nitrogen and oxygen atoms in total. The molecule has 0 aliphatic carbocycles. The monoisotopic (exact) mass is 390 g/mol. The van der Waals surface area contributed by atoms with Gasteiger partial charge in [0.2, 0.25) is 5.78 Å². The van der Waals surface area contributed by atoms with E-state index in [2.05, 4.69) is 4.99 Å². The van der Waals surface area contributed by atoms with Gasteiger partial charge in [-0.25, -0.2) is 9.38 Å². The van der Waals surface area contributed by atoms with Crippen molar-refractivity contribution in [1.29, 1.82) is 0 Å². The van der Waals surface area contributed by atoms with Crippen molar-refractivity contribution in [2.45, 2.75) is 6.04 Å². The average molecular weight is 390 g/mol. The van der Waals surface area contributed by atoms with Crippen LogP contribution in [0.4, 0.5) is 10.1 Å². The molecule has 1 aromatic heterocycles. The molecule has 4 rings (SSSR count). The summed E-state index contributed by atoms with van der Waals surface area (Å²) >= 11 is 0. The quantitative estimate of drug-likeness (QED) is 0.399. The van der Waals surface area contributed by atoms with Gasteiger partial charge in [-0.2, -0.15) is 0 Å². The smallest absolute Gasteiger partial charge is 0.295 e. The Kier molecular flexibility index (Phi) is 4.78. The second-order valence-electron chi connectivity index (χ2n) is 6.32. The molecule has 0 bridgehead atoms. The second kappa shape index (κ2) is 7.55. The van der Waals surface area contributed by atoms with E-state index in [-0.39, 0.29) is 11.3 Å². The fourth-order valence-corrected chi connectivity index (χ4v) is 3.13. The molecule has 1 N–H and O–H groups in total. The molecule has 0 fully saturated rings. The van der Waals surface area contributed by atoms with Crippen LogP contribution in [0.5, 0.6) is 0 Å². The third-order valence-electron chi connectivity index (χ3n) is 4.51. The Labute approximate surface area is 165 Å². The predicted molar refractivity (Wildman–Crippen MR) is 103 cm³/mol. The first-order valence-electron chi connectivity index (χ1n) is 8.75. The zero-order valence-corrected chi connectivity index (χ0v) is 15.0. The molecule has 7 heteroatoms. The molecule has 29 heavy (non-hydrogen) atoms. The number of ketones is 1. The Balaban J connectivity index is 1.76. The summed E-state index contributed by atoms with van der Waals surface area (Å²) in [5, 5.41) is 10.5. The molecule has 1 aliphatic rings. The Morgan fingerprint density at radius 3 is 2.45 bits per heavy atom. The minimum absolute atomic E-state index is 0.0117. The third-order valence-corrected chi connectivity index (χ3v) is 4.51. The van der Waals surface area contributed by atoms with Crippen LogP contribution in [0, 0.1) is 5.82 Å². The summed E-state index contributed by atoms with van der Waals surface area (Å²) in [4.78, 5) is 31.0. The molecule has 1 atom stereocenters. The summed E-state index contributed by atoms with van der Waals surface area (Å²) in [5.74, 6) is -2.41. The fourth-order valence-electron chi connectivity index (χ4n) is 3.13. The normalized spacial score (nSPS) is 16.8. The maximum atomic E-state index is 13.1. The van der Waals surface area contributed by atoms with Crippen molar-refractivity contribution in [1.82, 2.24) is 4.90 Å². The molecule has 0 spiro atoms. The molecule has 2 heterocycles. The van der Waals surface area contributed by atoms with E-state index in [9.17, 15) is 19.1 Å². The molecule has 144 valence electrons. The summed E-state index contributed by atoms with van der Waals surface area (Å²) in [5.41, 5.74) is 0.934. The first kappa shape index (κ1) is 18.4. The average Bonchev–Trinajstić information content (AvgIpc) is 3.36. The van der Waals surface area contributed by atoms with Crippen molar-refractivity contribution in [2.24, 2.45) is 4.99 Å². The number of aliphatic hydroxyl groups is 1. The Morgan fingerprint density at radius 1 is 1.07 bits per heavy atom. The Hall–Kier alpha value is -4.00. The van der Waals surface area contributed by atoms with Crippen molar-refractivity contribution in [3.05, 3.63) is 101 Å². The molecule has 0 saturated heterocycles. The highest BCUT2D eigenvalue weighted by molar-refractivity contribution is 6.17. The van der Waals surface area contributed by atoms with Gasteiger partial charge in [0, 0.05) is 0 Å². The number of carbonyl (C=O) groups is 2. The standard InChI is InChI=1S/C22H15FN2O4/c23-15-8-10-16(11-9-15)24-13-25-19(14-5-2-1-3-6-14)18(21(27)22(25)28)20(26)17-7-4-12-29-17/h1-13,19,27H. The fraction of sp³-hybridized carbons (Fsp3) is 0.0455. The molecule has 1 unspecified atom stereocenters. The number of furan rings is 1. The lowest BCUT2D eigenvalue weighted by atomic mass is 9.95. The van der Waals surface area contributed by atoms with E-state index < -0.39 is 29.3 Å². The summed E-state index contributed by atoms with van der Waals surface area (Å²) in [6, 6.07) is 16.3. The van der Waals surface area contributed by atoms with Gasteiger partial charge in [-0.3, -0.25) is 14.5 Å². The van der Waals surface area contributed by atoms with E-state index >= 15 is 0 Å². The second-order valence-corrected chi connectivity index (χ2v) is 6.32. The summed E-state index contributed by atoms with van der Waals surface area (Å²) in [6.45, 7) is 0. The van der Waals surface area contributed by atoms with Crippen LogP contribution in [-0.2, 0) is 4.79 Å². The van der Waals surface area contributed by atoms with Crippen molar-refractivity contribution in [3.8, 4) is 0 Å². The van der Waals surface area contributed by atoms with E-state index in [0.717, 1.165) is 0 Å². The van der Waals surface area contributed by atoms with Crippen molar-refractivity contribution < 1.29 is 23.5 Å². The van der Waals surface area contributed by atoms with Crippen LogP contribution in [0.25, 0.3) is 0 Å². The van der Waals surface area contributed by atoms with Gasteiger partial charge < -0.3 is 9.52 Å². The number of carbonyl (C=O) groups excluding carboxylic acids is 2. The van der Waals surface area contributed by atoms with Crippen LogP contribution in [0.1, 0.15) is 22.2 Å². The number of benzene rings is 2. The third kappa shape index (κ3) is 3.45. The zero-order chi connectivity index (χ0) is 20.4. The van der Waals surface area contributed by atoms with E-state index in [1.165, 1.54) is 47.8 Å². The van der Waals surface area contributed by atoms with Gasteiger partial charge in [0.15, 0.2) is 11.5 Å². The van der Waals surface area contributed by atoms with Crippen LogP contribution < -0.4 is 0 Å². The molecule has 1 aliphatic heterocycles. The largest absolute Gasteiger partial charge is 0.503 e. The first-order chi connectivity index (χ1) is 14.1. The molecule has 3 aromatic rings. The minimum Gasteiger partial charge on any atom is -0.503 e. The van der Waals surface area contributed by atoms with Gasteiger partial charge in [0.05, 0.1) is 29.9 Å². The number of halogens is 1. The highest BCUT2D eigenvalue weighted by Gasteiger charge is 2.44. The van der Waals surface area contributed by atoms with Crippen molar-refractivity contribution in [3.63, 3.8) is 0 Å². The van der Waals surface area contributed by atoms with E-state index in [0.29, 0.717) is 11.3 Å². The van der Waals surface area contributed by atoms with Crippen LogP contribution in [-0.4, -0.2) is 28.0 Å². The summed E-state index contributed by atoms with van der Waals surface area (Å²) in [7, 11) is 0. The number of hydrogen-bond donors (Lipinski definition) is 1. The van der Waals surface area contributed by atoms with E-state index in [4.69, 9.17) is 4.42 Å². The zero-order valence-electron chi connectivity index (χ0n) is 15.0. The lowest BCUT2D eigenvalue weighted by Crippen LogP contribution is -2.29. The molecule has 0 saturated carbocycles. The highest BCUT2D eigenvalue weighted by Crippen LogP contribution is 2.38. The SMILES string of the molecule is O=C(C1=C(O)C(=O)N(C=Nc2ccc(F)cc2)C1c1ccccc1)c1ccco1.